The van der Waals surface area contributed by atoms with Crippen LogP contribution in [0.15, 0.2) is 24.3 Å². The first kappa shape index (κ1) is 12.1. The number of aliphatic hydroxyl groups is 1. The van der Waals surface area contributed by atoms with Crippen LogP contribution in [-0.2, 0) is 0 Å². The molecular formula is C12H18FNO. The fourth-order valence-corrected chi connectivity index (χ4v) is 1.57. The van der Waals surface area contributed by atoms with Crippen LogP contribution >= 0.6 is 0 Å². The normalized spacial score (nSPS) is 15.3. The van der Waals surface area contributed by atoms with E-state index in [1.165, 1.54) is 12.1 Å². The lowest BCUT2D eigenvalue weighted by molar-refractivity contribution is 0.131. The van der Waals surface area contributed by atoms with E-state index in [4.69, 9.17) is 0 Å². The summed E-state index contributed by atoms with van der Waals surface area (Å²) in [6, 6.07) is 6.21. The topological polar surface area (TPSA) is 32.3 Å². The van der Waals surface area contributed by atoms with Gasteiger partial charge < -0.3 is 10.4 Å². The van der Waals surface area contributed by atoms with Crippen LogP contribution in [0.25, 0.3) is 0 Å². The van der Waals surface area contributed by atoms with Crippen LogP contribution in [0.2, 0.25) is 0 Å². The summed E-state index contributed by atoms with van der Waals surface area (Å²) in [6.45, 7) is 5.95. The maximum Gasteiger partial charge on any atom is 0.123 e. The third kappa shape index (κ3) is 3.61. The largest absolute Gasteiger partial charge is 0.387 e. The molecule has 2 atom stereocenters. The third-order valence-corrected chi connectivity index (χ3v) is 2.28. The molecule has 0 heterocycles. The van der Waals surface area contributed by atoms with Gasteiger partial charge in [0, 0.05) is 12.1 Å². The fourth-order valence-electron chi connectivity index (χ4n) is 1.57. The molecule has 0 aliphatic rings. The van der Waals surface area contributed by atoms with Gasteiger partial charge in [-0.3, -0.25) is 0 Å². The summed E-state index contributed by atoms with van der Waals surface area (Å²) >= 11 is 0. The third-order valence-electron chi connectivity index (χ3n) is 2.28. The van der Waals surface area contributed by atoms with Gasteiger partial charge in [0.1, 0.15) is 5.82 Å². The highest BCUT2D eigenvalue weighted by atomic mass is 19.1. The fraction of sp³-hybridized carbons (Fsp3) is 0.500. The Kier molecular flexibility index (Phi) is 4.24. The molecule has 0 spiro atoms. The van der Waals surface area contributed by atoms with Crippen LogP contribution in [0.1, 0.15) is 32.4 Å². The Labute approximate surface area is 90.1 Å². The summed E-state index contributed by atoms with van der Waals surface area (Å²) in [5.41, 5.74) is 0.733. The summed E-state index contributed by atoms with van der Waals surface area (Å²) in [4.78, 5) is 0. The Morgan fingerprint density at radius 3 is 2.13 bits per heavy atom. The molecule has 0 saturated carbocycles. The Morgan fingerprint density at radius 2 is 1.67 bits per heavy atom. The monoisotopic (exact) mass is 211 g/mol. The van der Waals surface area contributed by atoms with Crippen LogP contribution in [0, 0.1) is 5.82 Å². The maximum atomic E-state index is 12.7. The first-order valence-electron chi connectivity index (χ1n) is 5.20. The molecular weight excluding hydrogens is 193 g/mol. The minimum atomic E-state index is -0.604. The molecule has 0 aromatic heterocycles. The van der Waals surface area contributed by atoms with Gasteiger partial charge in [0.2, 0.25) is 0 Å². The number of hydrogen-bond donors (Lipinski definition) is 2. The molecule has 1 aromatic carbocycles. The molecule has 2 N–H and O–H groups in total. The second-order valence-electron chi connectivity index (χ2n) is 4.11. The van der Waals surface area contributed by atoms with Gasteiger partial charge >= 0.3 is 0 Å². The van der Waals surface area contributed by atoms with Gasteiger partial charge in [-0.05, 0) is 24.6 Å². The first-order valence-corrected chi connectivity index (χ1v) is 5.20. The zero-order valence-electron chi connectivity index (χ0n) is 9.37. The average molecular weight is 211 g/mol. The van der Waals surface area contributed by atoms with E-state index in [9.17, 15) is 9.50 Å². The van der Waals surface area contributed by atoms with Crippen molar-refractivity contribution in [3.05, 3.63) is 35.6 Å². The van der Waals surface area contributed by atoms with Gasteiger partial charge in [0.25, 0.3) is 0 Å². The second kappa shape index (κ2) is 5.24. The number of hydrogen-bond acceptors (Lipinski definition) is 2. The minimum Gasteiger partial charge on any atom is -0.387 e. The predicted octanol–water partition coefficient (Wildman–Crippen LogP) is 2.25. The molecule has 0 saturated heterocycles. The van der Waals surface area contributed by atoms with Crippen LogP contribution in [0.4, 0.5) is 4.39 Å². The standard InChI is InChI=1S/C12H18FNO/c1-8(2)14-9(3)12(15)10-4-6-11(13)7-5-10/h4-9,12,14-15H,1-3H3. The summed E-state index contributed by atoms with van der Waals surface area (Å²) in [7, 11) is 0. The second-order valence-corrected chi connectivity index (χ2v) is 4.11. The molecule has 0 fully saturated rings. The molecule has 15 heavy (non-hydrogen) atoms. The van der Waals surface area contributed by atoms with Crippen LogP contribution in [0.5, 0.6) is 0 Å². The summed E-state index contributed by atoms with van der Waals surface area (Å²) < 4.78 is 12.7. The molecule has 0 aliphatic carbocycles. The molecule has 0 radical (unpaired) electrons. The molecule has 3 heteroatoms. The SMILES string of the molecule is CC(C)NC(C)C(O)c1ccc(F)cc1. The highest BCUT2D eigenvalue weighted by Crippen LogP contribution is 2.17. The van der Waals surface area contributed by atoms with Crippen LogP contribution in [0.3, 0.4) is 0 Å². The van der Waals surface area contributed by atoms with Crippen molar-refractivity contribution in [3.63, 3.8) is 0 Å². The van der Waals surface area contributed by atoms with Gasteiger partial charge in [-0.15, -0.1) is 0 Å². The van der Waals surface area contributed by atoms with Gasteiger partial charge in [-0.1, -0.05) is 26.0 Å². The zero-order valence-corrected chi connectivity index (χ0v) is 9.37. The van der Waals surface area contributed by atoms with Gasteiger partial charge in [0.05, 0.1) is 6.10 Å². The number of benzene rings is 1. The van der Waals surface area contributed by atoms with E-state index in [-0.39, 0.29) is 11.9 Å². The lowest BCUT2D eigenvalue weighted by Crippen LogP contribution is -2.36. The van der Waals surface area contributed by atoms with E-state index in [0.29, 0.717) is 6.04 Å². The molecule has 2 nitrogen and oxygen atoms in total. The van der Waals surface area contributed by atoms with Crippen molar-refractivity contribution in [3.8, 4) is 0 Å². The van der Waals surface area contributed by atoms with Crippen molar-refractivity contribution < 1.29 is 9.50 Å². The Bertz CT molecular complexity index is 297. The van der Waals surface area contributed by atoms with E-state index in [2.05, 4.69) is 5.32 Å². The Hall–Kier alpha value is -0.930. The van der Waals surface area contributed by atoms with E-state index < -0.39 is 6.10 Å². The van der Waals surface area contributed by atoms with Gasteiger partial charge in [-0.2, -0.15) is 0 Å². The molecule has 1 aromatic rings. The predicted molar refractivity (Wildman–Crippen MR) is 59.1 cm³/mol. The smallest absolute Gasteiger partial charge is 0.123 e. The van der Waals surface area contributed by atoms with Gasteiger partial charge in [-0.25, -0.2) is 4.39 Å². The van der Waals surface area contributed by atoms with E-state index >= 15 is 0 Å². The van der Waals surface area contributed by atoms with Crippen molar-refractivity contribution in [1.29, 1.82) is 0 Å². The van der Waals surface area contributed by atoms with Gasteiger partial charge in [0.15, 0.2) is 0 Å². The van der Waals surface area contributed by atoms with E-state index in [1.54, 1.807) is 12.1 Å². The summed E-state index contributed by atoms with van der Waals surface area (Å²) in [5, 5.41) is 13.2. The van der Waals surface area contributed by atoms with Crippen molar-refractivity contribution >= 4 is 0 Å². The molecule has 0 bridgehead atoms. The Balaban J connectivity index is 2.67. The number of nitrogens with one attached hydrogen (secondary N) is 1. The lowest BCUT2D eigenvalue weighted by atomic mass is 10.0. The highest BCUT2D eigenvalue weighted by Gasteiger charge is 2.16. The number of halogens is 1. The first-order chi connectivity index (χ1) is 7.00. The minimum absolute atomic E-state index is 0.0459. The van der Waals surface area contributed by atoms with Crippen molar-refractivity contribution in [2.75, 3.05) is 0 Å². The molecule has 84 valence electrons. The van der Waals surface area contributed by atoms with Crippen molar-refractivity contribution in [2.24, 2.45) is 0 Å². The quantitative estimate of drug-likeness (QED) is 0.800. The van der Waals surface area contributed by atoms with Crippen molar-refractivity contribution in [2.45, 2.75) is 39.0 Å². The Morgan fingerprint density at radius 1 is 1.13 bits per heavy atom. The van der Waals surface area contributed by atoms with E-state index in [1.807, 2.05) is 20.8 Å². The molecule has 1 rings (SSSR count). The summed E-state index contributed by atoms with van der Waals surface area (Å²) in [5.74, 6) is -0.282. The number of rotatable bonds is 4. The molecule has 2 unspecified atom stereocenters. The number of aliphatic hydroxyl groups excluding tert-OH is 1. The van der Waals surface area contributed by atoms with Crippen LogP contribution < -0.4 is 5.32 Å². The van der Waals surface area contributed by atoms with Crippen LogP contribution in [-0.4, -0.2) is 17.2 Å². The summed E-state index contributed by atoms with van der Waals surface area (Å²) in [6.07, 6.45) is -0.604. The van der Waals surface area contributed by atoms with E-state index in [0.717, 1.165) is 5.56 Å². The highest BCUT2D eigenvalue weighted by molar-refractivity contribution is 5.19. The maximum absolute atomic E-state index is 12.7. The average Bonchev–Trinajstić information content (AvgIpc) is 2.17. The molecule has 0 amide bonds. The lowest BCUT2D eigenvalue weighted by Gasteiger charge is -2.22. The zero-order chi connectivity index (χ0) is 11.4. The van der Waals surface area contributed by atoms with Crippen molar-refractivity contribution in [1.82, 2.24) is 5.32 Å². The molecule has 0 aliphatic heterocycles.